The van der Waals surface area contributed by atoms with Crippen LogP contribution in [0.3, 0.4) is 0 Å². The molecule has 0 amide bonds. The second-order valence-electron chi connectivity index (χ2n) is 6.61. The molecule has 1 aromatic heterocycles. The van der Waals surface area contributed by atoms with E-state index in [1.54, 1.807) is 12.1 Å². The Bertz CT molecular complexity index is 711. The van der Waals surface area contributed by atoms with Crippen molar-refractivity contribution in [1.29, 1.82) is 0 Å². The summed E-state index contributed by atoms with van der Waals surface area (Å²) in [6.45, 7) is 5.24. The summed E-state index contributed by atoms with van der Waals surface area (Å²) in [5, 5.41) is 24.9. The van der Waals surface area contributed by atoms with Crippen molar-refractivity contribution in [2.24, 2.45) is 0 Å². The minimum atomic E-state index is -1.18. The summed E-state index contributed by atoms with van der Waals surface area (Å²) in [6, 6.07) is 6.56. The summed E-state index contributed by atoms with van der Waals surface area (Å²) in [7, 11) is 0. The lowest BCUT2D eigenvalue weighted by molar-refractivity contribution is -0.934. The molecular weight excluding hydrogens is 310 g/mol. The lowest BCUT2D eigenvalue weighted by Crippen LogP contribution is -3.09. The number of aromatic nitrogens is 2. The summed E-state index contributed by atoms with van der Waals surface area (Å²) in [5.74, 6) is 0.227. The Morgan fingerprint density at radius 1 is 1.42 bits per heavy atom. The monoisotopic (exact) mass is 331 g/mol. The molecule has 7 heteroatoms. The fraction of sp³-hybridized carbons (Fsp3) is 0.471. The maximum absolute atomic E-state index is 10.8. The normalized spacial score (nSPS) is 23.8. The molecule has 1 aliphatic rings. The van der Waals surface area contributed by atoms with Crippen LogP contribution < -0.4 is 10.0 Å². The average Bonchev–Trinajstić information content (AvgIpc) is 3.14. The standard InChI is InChI=1S/C17H21N3O4/c1-10(2)15-18-16(24-19-15)14-7-13(21)9-20(14)8-11-3-5-12(6-4-11)17(22)23/h3-6,10,13-14,21H,7-9H2,1-2H3,(H,22,23)/t13-,14+/m1/s1. The number of aliphatic hydroxyl groups is 1. The van der Waals surface area contributed by atoms with E-state index in [0.717, 1.165) is 10.5 Å². The van der Waals surface area contributed by atoms with E-state index >= 15 is 0 Å². The molecule has 1 fully saturated rings. The van der Waals surface area contributed by atoms with E-state index in [9.17, 15) is 15.0 Å². The highest BCUT2D eigenvalue weighted by molar-refractivity contribution is 5.85. The summed E-state index contributed by atoms with van der Waals surface area (Å²) < 4.78 is 5.40. The summed E-state index contributed by atoms with van der Waals surface area (Å²) >= 11 is 0. The van der Waals surface area contributed by atoms with E-state index in [1.807, 2.05) is 13.8 Å². The van der Waals surface area contributed by atoms with Gasteiger partial charge in [0, 0.05) is 17.9 Å². The molecule has 1 unspecified atom stereocenters. The number of aromatic carboxylic acids is 1. The minimum Gasteiger partial charge on any atom is -0.545 e. The first-order chi connectivity index (χ1) is 11.4. The predicted molar refractivity (Wildman–Crippen MR) is 82.1 cm³/mol. The van der Waals surface area contributed by atoms with Gasteiger partial charge in [0.15, 0.2) is 11.9 Å². The van der Waals surface area contributed by atoms with Crippen molar-refractivity contribution in [1.82, 2.24) is 10.1 Å². The third-order valence-corrected chi connectivity index (χ3v) is 4.39. The number of carboxylic acids is 1. The molecule has 1 aliphatic heterocycles. The zero-order chi connectivity index (χ0) is 17.3. The van der Waals surface area contributed by atoms with Crippen LogP contribution in [0.25, 0.3) is 0 Å². The molecule has 24 heavy (non-hydrogen) atoms. The predicted octanol–water partition coefficient (Wildman–Crippen LogP) is -0.553. The number of carbonyl (C=O) groups excluding carboxylic acids is 1. The number of carboxylic acid groups (broad SMARTS) is 1. The summed E-state index contributed by atoms with van der Waals surface area (Å²) in [5.41, 5.74) is 1.14. The average molecular weight is 331 g/mol. The Hall–Kier alpha value is -2.25. The van der Waals surface area contributed by atoms with Crippen LogP contribution in [0, 0.1) is 0 Å². The van der Waals surface area contributed by atoms with Gasteiger partial charge in [0.2, 0.25) is 0 Å². The lowest BCUT2D eigenvalue weighted by atomic mass is 10.1. The number of nitrogens with one attached hydrogen (secondary N) is 1. The van der Waals surface area contributed by atoms with Gasteiger partial charge in [-0.15, -0.1) is 0 Å². The van der Waals surface area contributed by atoms with Crippen molar-refractivity contribution in [2.45, 2.75) is 44.9 Å². The Labute approximate surface area is 139 Å². The smallest absolute Gasteiger partial charge is 0.285 e. The van der Waals surface area contributed by atoms with Crippen LogP contribution in [-0.4, -0.2) is 33.9 Å². The number of quaternary nitrogens is 1. The second kappa shape index (κ2) is 6.70. The van der Waals surface area contributed by atoms with Gasteiger partial charge in [-0.2, -0.15) is 4.98 Å². The number of benzene rings is 1. The first kappa shape index (κ1) is 16.6. The molecule has 3 rings (SSSR count). The fourth-order valence-corrected chi connectivity index (χ4v) is 3.08. The van der Waals surface area contributed by atoms with Gasteiger partial charge >= 0.3 is 0 Å². The Kier molecular flexibility index (Phi) is 4.64. The molecule has 0 radical (unpaired) electrons. The third-order valence-electron chi connectivity index (χ3n) is 4.39. The molecule has 2 aromatic rings. The van der Waals surface area contributed by atoms with Crippen LogP contribution in [-0.2, 0) is 6.54 Å². The second-order valence-corrected chi connectivity index (χ2v) is 6.61. The van der Waals surface area contributed by atoms with Gasteiger partial charge in [0.25, 0.3) is 5.89 Å². The van der Waals surface area contributed by atoms with E-state index < -0.39 is 12.1 Å². The van der Waals surface area contributed by atoms with Crippen molar-refractivity contribution >= 4 is 5.97 Å². The molecule has 0 bridgehead atoms. The number of likely N-dealkylation sites (tertiary alicyclic amines) is 1. The van der Waals surface area contributed by atoms with Gasteiger partial charge < -0.3 is 24.4 Å². The highest BCUT2D eigenvalue weighted by atomic mass is 16.5. The van der Waals surface area contributed by atoms with E-state index in [4.69, 9.17) is 4.52 Å². The highest BCUT2D eigenvalue weighted by Gasteiger charge is 2.40. The van der Waals surface area contributed by atoms with Crippen molar-refractivity contribution in [2.75, 3.05) is 6.54 Å². The van der Waals surface area contributed by atoms with E-state index in [2.05, 4.69) is 10.1 Å². The van der Waals surface area contributed by atoms with Crippen molar-refractivity contribution in [3.63, 3.8) is 0 Å². The summed E-state index contributed by atoms with van der Waals surface area (Å²) in [4.78, 5) is 16.4. The van der Waals surface area contributed by atoms with Crippen LogP contribution in [0.5, 0.6) is 0 Å². The lowest BCUT2D eigenvalue weighted by Gasteiger charge is -2.18. The van der Waals surface area contributed by atoms with E-state index in [1.165, 1.54) is 12.1 Å². The molecule has 3 atom stereocenters. The van der Waals surface area contributed by atoms with Gasteiger partial charge in [-0.1, -0.05) is 43.3 Å². The number of hydrogen-bond donors (Lipinski definition) is 2. The highest BCUT2D eigenvalue weighted by Crippen LogP contribution is 2.20. The SMILES string of the molecule is CC(C)c1noc([C@@H]2C[C@@H](O)C[NH+]2Cc2ccc(C(=O)[O-])cc2)n1. The maximum Gasteiger partial charge on any atom is 0.285 e. The van der Waals surface area contributed by atoms with Crippen LogP contribution >= 0.6 is 0 Å². The van der Waals surface area contributed by atoms with Crippen LogP contribution in [0.4, 0.5) is 0 Å². The molecule has 7 nitrogen and oxygen atoms in total. The molecule has 2 heterocycles. The molecule has 128 valence electrons. The molecule has 2 N–H and O–H groups in total. The van der Waals surface area contributed by atoms with Crippen molar-refractivity contribution in [3.05, 3.63) is 47.1 Å². The van der Waals surface area contributed by atoms with Crippen LogP contribution in [0.1, 0.15) is 59.9 Å². The zero-order valence-electron chi connectivity index (χ0n) is 13.7. The van der Waals surface area contributed by atoms with Crippen LogP contribution in [0.15, 0.2) is 28.8 Å². The Balaban J connectivity index is 1.76. The molecule has 0 saturated carbocycles. The molecule has 1 aromatic carbocycles. The van der Waals surface area contributed by atoms with Crippen molar-refractivity contribution in [3.8, 4) is 0 Å². The first-order valence-corrected chi connectivity index (χ1v) is 8.10. The Morgan fingerprint density at radius 3 is 2.71 bits per heavy atom. The maximum atomic E-state index is 10.8. The molecule has 1 saturated heterocycles. The number of aliphatic hydroxyl groups excluding tert-OH is 1. The van der Waals surface area contributed by atoms with Crippen LogP contribution in [0.2, 0.25) is 0 Å². The van der Waals surface area contributed by atoms with Gasteiger partial charge in [-0.25, -0.2) is 0 Å². The van der Waals surface area contributed by atoms with E-state index in [-0.39, 0.29) is 17.5 Å². The fourth-order valence-electron chi connectivity index (χ4n) is 3.08. The van der Waals surface area contributed by atoms with Gasteiger partial charge in [0.05, 0.1) is 5.97 Å². The topological polar surface area (TPSA) is 104 Å². The number of nitrogens with zero attached hydrogens (tertiary/aromatic N) is 2. The number of carbonyl (C=O) groups is 1. The molecule has 0 spiro atoms. The zero-order valence-corrected chi connectivity index (χ0v) is 13.7. The van der Waals surface area contributed by atoms with Crippen molar-refractivity contribution < 1.29 is 24.4 Å². The number of hydrogen-bond acceptors (Lipinski definition) is 6. The Morgan fingerprint density at radius 2 is 2.12 bits per heavy atom. The first-order valence-electron chi connectivity index (χ1n) is 8.10. The molecular formula is C17H21N3O4. The molecule has 0 aliphatic carbocycles. The van der Waals surface area contributed by atoms with Gasteiger partial charge in [-0.3, -0.25) is 0 Å². The number of rotatable bonds is 5. The third kappa shape index (κ3) is 3.47. The quantitative estimate of drug-likeness (QED) is 0.762. The van der Waals surface area contributed by atoms with Gasteiger partial charge in [0.1, 0.15) is 19.2 Å². The van der Waals surface area contributed by atoms with Gasteiger partial charge in [-0.05, 0) is 5.56 Å². The summed E-state index contributed by atoms with van der Waals surface area (Å²) in [6.07, 6.45) is 0.161. The minimum absolute atomic E-state index is 0.0548. The van der Waals surface area contributed by atoms with E-state index in [0.29, 0.717) is 31.2 Å². The largest absolute Gasteiger partial charge is 0.545 e.